The lowest BCUT2D eigenvalue weighted by Crippen LogP contribution is -2.35. The van der Waals surface area contributed by atoms with Crippen LogP contribution >= 0.6 is 0 Å². The van der Waals surface area contributed by atoms with Crippen molar-refractivity contribution in [3.63, 3.8) is 0 Å². The maximum absolute atomic E-state index is 12.3. The highest BCUT2D eigenvalue weighted by Gasteiger charge is 2.18. The van der Waals surface area contributed by atoms with Gasteiger partial charge in [0.15, 0.2) is 6.61 Å². The fourth-order valence-electron chi connectivity index (χ4n) is 2.61. The van der Waals surface area contributed by atoms with E-state index in [-0.39, 0.29) is 24.5 Å². The molecule has 0 fully saturated rings. The molecule has 4 nitrogen and oxygen atoms in total. The van der Waals surface area contributed by atoms with Gasteiger partial charge < -0.3 is 10.1 Å². The summed E-state index contributed by atoms with van der Waals surface area (Å²) in [7, 11) is 0. The monoisotopic (exact) mass is 336 g/mol. The molecule has 2 aromatic rings. The Labute approximate surface area is 149 Å². The molecule has 0 aliphatic heterocycles. The number of carbonyl (C=O) groups is 1. The minimum atomic E-state index is -0.180. The zero-order valence-electron chi connectivity index (χ0n) is 15.0. The van der Waals surface area contributed by atoms with Gasteiger partial charge in [0.25, 0.3) is 5.91 Å². The molecule has 1 N–H and O–H groups in total. The van der Waals surface area contributed by atoms with Crippen LogP contribution in [0.3, 0.4) is 0 Å². The molecule has 2 rings (SSSR count). The molecule has 0 unspecified atom stereocenters. The maximum Gasteiger partial charge on any atom is 0.258 e. The molecule has 25 heavy (non-hydrogen) atoms. The highest BCUT2D eigenvalue weighted by atomic mass is 16.5. The summed E-state index contributed by atoms with van der Waals surface area (Å²) >= 11 is 0. The standard InChI is InChI=1S/C21H24N2O2/c1-4-16-8-10-18(11-9-16)21(15(2)3)23-20(24)14-25-19-7-5-6-17(12-19)13-22/h5-12,15,21H,4,14H2,1-3H3,(H,23,24)/t21-/m1/s1. The Morgan fingerprint density at radius 1 is 1.20 bits per heavy atom. The van der Waals surface area contributed by atoms with Crippen LogP contribution in [0.4, 0.5) is 0 Å². The highest BCUT2D eigenvalue weighted by Crippen LogP contribution is 2.22. The van der Waals surface area contributed by atoms with E-state index >= 15 is 0 Å². The lowest BCUT2D eigenvalue weighted by molar-refractivity contribution is -0.124. The summed E-state index contributed by atoms with van der Waals surface area (Å²) in [5, 5.41) is 11.9. The SMILES string of the molecule is CCc1ccc([C@H](NC(=O)COc2cccc(C#N)c2)C(C)C)cc1. The van der Waals surface area contributed by atoms with E-state index in [1.807, 2.05) is 0 Å². The summed E-state index contributed by atoms with van der Waals surface area (Å²) in [5.74, 6) is 0.599. The van der Waals surface area contributed by atoms with E-state index in [1.54, 1.807) is 24.3 Å². The molecule has 0 heterocycles. The molecular weight excluding hydrogens is 312 g/mol. The number of nitriles is 1. The van der Waals surface area contributed by atoms with E-state index in [0.29, 0.717) is 11.3 Å². The summed E-state index contributed by atoms with van der Waals surface area (Å²) in [6.07, 6.45) is 0.995. The van der Waals surface area contributed by atoms with Crippen molar-refractivity contribution in [3.05, 3.63) is 65.2 Å². The van der Waals surface area contributed by atoms with Crippen molar-refractivity contribution < 1.29 is 9.53 Å². The van der Waals surface area contributed by atoms with Crippen LogP contribution < -0.4 is 10.1 Å². The first kappa shape index (κ1) is 18.5. The van der Waals surface area contributed by atoms with Gasteiger partial charge in [0, 0.05) is 0 Å². The Kier molecular flexibility index (Phi) is 6.59. The normalized spacial score (nSPS) is 11.6. The van der Waals surface area contributed by atoms with Gasteiger partial charge in [-0.15, -0.1) is 0 Å². The highest BCUT2D eigenvalue weighted by molar-refractivity contribution is 5.78. The van der Waals surface area contributed by atoms with Crippen molar-refractivity contribution in [1.82, 2.24) is 5.32 Å². The predicted octanol–water partition coefficient (Wildman–Crippen LogP) is 4.01. The predicted molar refractivity (Wildman–Crippen MR) is 98.2 cm³/mol. The zero-order chi connectivity index (χ0) is 18.2. The Balaban J connectivity index is 1.98. The van der Waals surface area contributed by atoms with Crippen molar-refractivity contribution in [2.75, 3.05) is 6.61 Å². The van der Waals surface area contributed by atoms with Crippen molar-refractivity contribution in [1.29, 1.82) is 5.26 Å². The molecule has 0 radical (unpaired) electrons. The zero-order valence-corrected chi connectivity index (χ0v) is 15.0. The number of nitrogens with one attached hydrogen (secondary N) is 1. The summed E-state index contributed by atoms with van der Waals surface area (Å²) in [4.78, 5) is 12.3. The quantitative estimate of drug-likeness (QED) is 0.831. The molecule has 0 saturated heterocycles. The number of rotatable bonds is 7. The Bertz CT molecular complexity index is 745. The molecule has 2 aromatic carbocycles. The number of nitrogens with zero attached hydrogens (tertiary/aromatic N) is 1. The Morgan fingerprint density at radius 3 is 2.52 bits per heavy atom. The third-order valence-electron chi connectivity index (χ3n) is 4.06. The summed E-state index contributed by atoms with van der Waals surface area (Å²) < 4.78 is 5.50. The molecule has 0 bridgehead atoms. The van der Waals surface area contributed by atoms with Crippen LogP contribution in [0.2, 0.25) is 0 Å². The third-order valence-corrected chi connectivity index (χ3v) is 4.06. The van der Waals surface area contributed by atoms with E-state index in [9.17, 15) is 4.79 Å². The number of carbonyl (C=O) groups excluding carboxylic acids is 1. The Hall–Kier alpha value is -2.80. The number of ether oxygens (including phenoxy) is 1. The van der Waals surface area contributed by atoms with E-state index in [0.717, 1.165) is 12.0 Å². The van der Waals surface area contributed by atoms with Gasteiger partial charge in [-0.1, -0.05) is 51.1 Å². The molecule has 0 saturated carbocycles. The molecule has 4 heteroatoms. The van der Waals surface area contributed by atoms with E-state index < -0.39 is 0 Å². The van der Waals surface area contributed by atoms with Gasteiger partial charge in [0.2, 0.25) is 0 Å². The first-order valence-electron chi connectivity index (χ1n) is 8.54. The van der Waals surface area contributed by atoms with Gasteiger partial charge in [-0.2, -0.15) is 5.26 Å². The van der Waals surface area contributed by atoms with Gasteiger partial charge in [-0.05, 0) is 41.7 Å². The molecule has 1 atom stereocenters. The van der Waals surface area contributed by atoms with Gasteiger partial charge >= 0.3 is 0 Å². The average molecular weight is 336 g/mol. The van der Waals surface area contributed by atoms with Crippen LogP contribution in [0.1, 0.15) is 43.5 Å². The third kappa shape index (κ3) is 5.36. The molecule has 0 aliphatic carbocycles. The molecule has 1 amide bonds. The number of amides is 1. The van der Waals surface area contributed by atoms with Crippen molar-refractivity contribution >= 4 is 5.91 Å². The second kappa shape index (κ2) is 8.89. The minimum absolute atomic E-state index is 0.0625. The van der Waals surface area contributed by atoms with Crippen molar-refractivity contribution in [2.24, 2.45) is 5.92 Å². The van der Waals surface area contributed by atoms with Crippen LogP contribution in [0.5, 0.6) is 5.75 Å². The first-order chi connectivity index (χ1) is 12.0. The van der Waals surface area contributed by atoms with E-state index in [1.165, 1.54) is 5.56 Å². The molecule has 0 spiro atoms. The lowest BCUT2D eigenvalue weighted by atomic mass is 9.95. The number of aryl methyl sites for hydroxylation is 1. The van der Waals surface area contributed by atoms with E-state index in [4.69, 9.17) is 10.00 Å². The fraction of sp³-hybridized carbons (Fsp3) is 0.333. The van der Waals surface area contributed by atoms with Gasteiger partial charge in [0.05, 0.1) is 17.7 Å². The minimum Gasteiger partial charge on any atom is -0.484 e. The van der Waals surface area contributed by atoms with Crippen LogP contribution in [0, 0.1) is 17.2 Å². The maximum atomic E-state index is 12.3. The molecule has 130 valence electrons. The van der Waals surface area contributed by atoms with Crippen LogP contribution in [0.25, 0.3) is 0 Å². The van der Waals surface area contributed by atoms with Gasteiger partial charge in [-0.25, -0.2) is 0 Å². The number of benzene rings is 2. The summed E-state index contributed by atoms with van der Waals surface area (Å²) in [6, 6.07) is 17.1. The van der Waals surface area contributed by atoms with Crippen molar-refractivity contribution in [2.45, 2.75) is 33.2 Å². The largest absolute Gasteiger partial charge is 0.484 e. The second-order valence-electron chi connectivity index (χ2n) is 6.31. The van der Waals surface area contributed by atoms with Crippen molar-refractivity contribution in [3.8, 4) is 11.8 Å². The number of hydrogen-bond acceptors (Lipinski definition) is 3. The molecular formula is C21H24N2O2. The van der Waals surface area contributed by atoms with Gasteiger partial charge in [0.1, 0.15) is 5.75 Å². The van der Waals surface area contributed by atoms with Gasteiger partial charge in [-0.3, -0.25) is 4.79 Å². The lowest BCUT2D eigenvalue weighted by Gasteiger charge is -2.23. The second-order valence-corrected chi connectivity index (χ2v) is 6.31. The van der Waals surface area contributed by atoms with Crippen LogP contribution in [-0.4, -0.2) is 12.5 Å². The Morgan fingerprint density at radius 2 is 1.92 bits per heavy atom. The summed E-state index contributed by atoms with van der Waals surface area (Å²) in [5.41, 5.74) is 2.87. The van der Waals surface area contributed by atoms with Crippen LogP contribution in [-0.2, 0) is 11.2 Å². The van der Waals surface area contributed by atoms with Crippen LogP contribution in [0.15, 0.2) is 48.5 Å². The average Bonchev–Trinajstić information content (AvgIpc) is 2.64. The first-order valence-corrected chi connectivity index (χ1v) is 8.54. The molecule has 0 aromatic heterocycles. The fourth-order valence-corrected chi connectivity index (χ4v) is 2.61. The topological polar surface area (TPSA) is 62.1 Å². The molecule has 0 aliphatic rings. The smallest absolute Gasteiger partial charge is 0.258 e. The summed E-state index contributed by atoms with van der Waals surface area (Å²) in [6.45, 7) is 6.20. The van der Waals surface area contributed by atoms with E-state index in [2.05, 4.69) is 56.4 Å². The number of hydrogen-bond donors (Lipinski definition) is 1.